The van der Waals surface area contributed by atoms with E-state index in [0.717, 1.165) is 43.2 Å². The number of rotatable bonds is 10. The van der Waals surface area contributed by atoms with Crippen LogP contribution in [0.3, 0.4) is 0 Å². The molecule has 1 aromatic carbocycles. The molecule has 0 saturated heterocycles. The van der Waals surface area contributed by atoms with E-state index in [4.69, 9.17) is 0 Å². The Balaban J connectivity index is 1.86. The molecule has 0 unspecified atom stereocenters. The maximum Gasteiger partial charge on any atom is 0.247 e. The minimum atomic E-state index is -0.732. The van der Waals surface area contributed by atoms with Crippen molar-refractivity contribution >= 4 is 34.2 Å². The van der Waals surface area contributed by atoms with Gasteiger partial charge in [0.15, 0.2) is 5.13 Å². The van der Waals surface area contributed by atoms with E-state index in [1.165, 1.54) is 11.3 Å². The molecular weight excluding hydrogens is 448 g/mol. The van der Waals surface area contributed by atoms with Crippen molar-refractivity contribution < 1.29 is 14.4 Å². The van der Waals surface area contributed by atoms with Gasteiger partial charge in [-0.3, -0.25) is 14.4 Å². The number of hydrogen-bond donors (Lipinski definition) is 2. The molecule has 1 heterocycles. The van der Waals surface area contributed by atoms with Gasteiger partial charge in [-0.15, -0.1) is 11.3 Å². The van der Waals surface area contributed by atoms with Crippen LogP contribution in [0.1, 0.15) is 82.9 Å². The molecule has 1 fully saturated rings. The Kier molecular flexibility index (Phi) is 8.83. The van der Waals surface area contributed by atoms with Crippen LogP contribution in [0.5, 0.6) is 0 Å². The SMILES string of the molecule is CCC(C)(C)NC(=O)[C@@H](c1ccc(C)cc1)N(C(=O)CCC(=O)Nc1nccs1)C1CCCC1. The first-order chi connectivity index (χ1) is 16.2. The van der Waals surface area contributed by atoms with Crippen molar-refractivity contribution in [3.05, 3.63) is 47.0 Å². The average Bonchev–Trinajstić information content (AvgIpc) is 3.51. The van der Waals surface area contributed by atoms with Crippen LogP contribution >= 0.6 is 11.3 Å². The minimum absolute atomic E-state index is 0.0173. The van der Waals surface area contributed by atoms with Crippen LogP contribution < -0.4 is 10.6 Å². The molecule has 1 saturated carbocycles. The van der Waals surface area contributed by atoms with Gasteiger partial charge in [0.2, 0.25) is 17.7 Å². The first-order valence-electron chi connectivity index (χ1n) is 12.1. The average molecular weight is 485 g/mol. The lowest BCUT2D eigenvalue weighted by atomic mass is 9.96. The second-order valence-electron chi connectivity index (χ2n) is 9.66. The molecule has 8 heteroatoms. The van der Waals surface area contributed by atoms with Crippen molar-refractivity contribution in [3.63, 3.8) is 0 Å². The van der Waals surface area contributed by atoms with Crippen LogP contribution in [0.15, 0.2) is 35.8 Å². The standard InChI is InChI=1S/C26H36N4O3S/c1-5-26(3,4)29-24(33)23(19-12-10-18(2)11-13-19)30(20-8-6-7-9-20)22(32)15-14-21(31)28-25-27-16-17-34-25/h10-13,16-17,20,23H,5-9,14-15H2,1-4H3,(H,29,33)(H,27,28,31)/t23-/m1/s1. The van der Waals surface area contributed by atoms with Gasteiger partial charge in [-0.2, -0.15) is 0 Å². The first kappa shape index (κ1) is 25.9. The highest BCUT2D eigenvalue weighted by Crippen LogP contribution is 2.33. The predicted molar refractivity (Wildman–Crippen MR) is 136 cm³/mol. The molecule has 1 aliphatic carbocycles. The Bertz CT molecular complexity index is 966. The summed E-state index contributed by atoms with van der Waals surface area (Å²) < 4.78 is 0. The Morgan fingerprint density at radius 2 is 1.82 bits per heavy atom. The fourth-order valence-corrected chi connectivity index (χ4v) is 4.78. The summed E-state index contributed by atoms with van der Waals surface area (Å²) in [5.41, 5.74) is 1.50. The van der Waals surface area contributed by atoms with Gasteiger partial charge >= 0.3 is 0 Å². The summed E-state index contributed by atoms with van der Waals surface area (Å²) in [6.45, 7) is 8.01. The summed E-state index contributed by atoms with van der Waals surface area (Å²) in [6, 6.07) is 7.06. The van der Waals surface area contributed by atoms with Crippen LogP contribution in [0.2, 0.25) is 0 Å². The lowest BCUT2D eigenvalue weighted by Gasteiger charge is -2.38. The first-order valence-corrected chi connectivity index (χ1v) is 13.0. The Morgan fingerprint density at radius 3 is 2.41 bits per heavy atom. The summed E-state index contributed by atoms with van der Waals surface area (Å²) in [6.07, 6.45) is 6.27. The smallest absolute Gasteiger partial charge is 0.247 e. The topological polar surface area (TPSA) is 91.4 Å². The van der Waals surface area contributed by atoms with Crippen molar-refractivity contribution in [2.45, 2.75) is 90.3 Å². The number of aromatic nitrogens is 1. The third kappa shape index (κ3) is 6.88. The number of benzene rings is 1. The molecule has 184 valence electrons. The monoisotopic (exact) mass is 484 g/mol. The van der Waals surface area contributed by atoms with Gasteiger partial charge in [0.1, 0.15) is 6.04 Å². The summed E-state index contributed by atoms with van der Waals surface area (Å²) in [7, 11) is 0. The highest BCUT2D eigenvalue weighted by atomic mass is 32.1. The maximum atomic E-state index is 13.7. The van der Waals surface area contributed by atoms with Crippen LogP contribution in [-0.4, -0.2) is 39.2 Å². The van der Waals surface area contributed by atoms with Gasteiger partial charge in [-0.1, -0.05) is 49.6 Å². The third-order valence-corrected chi connectivity index (χ3v) is 7.20. The number of thiazole rings is 1. The zero-order valence-electron chi connectivity index (χ0n) is 20.6. The van der Waals surface area contributed by atoms with E-state index in [1.54, 1.807) is 16.5 Å². The lowest BCUT2D eigenvalue weighted by molar-refractivity contribution is -0.144. The second kappa shape index (κ2) is 11.6. The third-order valence-electron chi connectivity index (χ3n) is 6.52. The second-order valence-corrected chi connectivity index (χ2v) is 10.6. The normalized spacial score (nSPS) is 15.1. The summed E-state index contributed by atoms with van der Waals surface area (Å²) >= 11 is 1.34. The number of hydrogen-bond acceptors (Lipinski definition) is 5. The predicted octanol–water partition coefficient (Wildman–Crippen LogP) is 4.99. The molecule has 34 heavy (non-hydrogen) atoms. The summed E-state index contributed by atoms with van der Waals surface area (Å²) in [5, 5.41) is 8.19. The van der Waals surface area contributed by atoms with Gasteiger partial charge in [0, 0.05) is 36.0 Å². The van der Waals surface area contributed by atoms with E-state index < -0.39 is 11.6 Å². The van der Waals surface area contributed by atoms with Crippen LogP contribution in [-0.2, 0) is 14.4 Å². The molecule has 0 aliphatic heterocycles. The van der Waals surface area contributed by atoms with Gasteiger partial charge in [0.05, 0.1) is 0 Å². The molecule has 0 radical (unpaired) electrons. The molecule has 3 rings (SSSR count). The molecule has 0 spiro atoms. The Hall–Kier alpha value is -2.74. The van der Waals surface area contributed by atoms with E-state index in [9.17, 15) is 14.4 Å². The number of carbonyl (C=O) groups excluding carboxylic acids is 3. The van der Waals surface area contributed by atoms with Crippen molar-refractivity contribution in [2.75, 3.05) is 5.32 Å². The number of nitrogens with one attached hydrogen (secondary N) is 2. The number of nitrogens with zero attached hydrogens (tertiary/aromatic N) is 2. The lowest BCUT2D eigenvalue weighted by Crippen LogP contribution is -2.52. The van der Waals surface area contributed by atoms with Crippen LogP contribution in [0.25, 0.3) is 0 Å². The maximum absolute atomic E-state index is 13.7. The quantitative estimate of drug-likeness (QED) is 0.497. The number of amides is 3. The highest BCUT2D eigenvalue weighted by Gasteiger charge is 2.38. The largest absolute Gasteiger partial charge is 0.349 e. The Labute approximate surface area is 206 Å². The molecule has 1 aromatic heterocycles. The van der Waals surface area contributed by atoms with Crippen LogP contribution in [0.4, 0.5) is 5.13 Å². The van der Waals surface area contributed by atoms with Crippen molar-refractivity contribution in [1.29, 1.82) is 0 Å². The van der Waals surface area contributed by atoms with Gasteiger partial charge < -0.3 is 15.5 Å². The molecular formula is C26H36N4O3S. The fraction of sp³-hybridized carbons (Fsp3) is 0.538. The molecule has 1 atom stereocenters. The molecule has 2 N–H and O–H groups in total. The minimum Gasteiger partial charge on any atom is -0.349 e. The number of aryl methyl sites for hydroxylation is 1. The zero-order valence-corrected chi connectivity index (χ0v) is 21.4. The number of anilines is 1. The fourth-order valence-electron chi connectivity index (χ4n) is 4.23. The molecule has 0 bridgehead atoms. The zero-order chi connectivity index (χ0) is 24.7. The van der Waals surface area contributed by atoms with Crippen molar-refractivity contribution in [2.24, 2.45) is 0 Å². The van der Waals surface area contributed by atoms with E-state index >= 15 is 0 Å². The Morgan fingerprint density at radius 1 is 1.15 bits per heavy atom. The van der Waals surface area contributed by atoms with E-state index in [2.05, 4.69) is 15.6 Å². The van der Waals surface area contributed by atoms with Gasteiger partial charge in [-0.05, 0) is 45.6 Å². The van der Waals surface area contributed by atoms with E-state index in [0.29, 0.717) is 5.13 Å². The molecule has 2 aromatic rings. The highest BCUT2D eigenvalue weighted by molar-refractivity contribution is 7.13. The van der Waals surface area contributed by atoms with E-state index in [1.807, 2.05) is 52.0 Å². The molecule has 1 aliphatic rings. The van der Waals surface area contributed by atoms with Gasteiger partial charge in [0.25, 0.3) is 0 Å². The van der Waals surface area contributed by atoms with Crippen LogP contribution in [0, 0.1) is 6.92 Å². The summed E-state index contributed by atoms with van der Waals surface area (Å²) in [4.78, 5) is 45.5. The molecule has 3 amide bonds. The molecule has 7 nitrogen and oxygen atoms in total. The summed E-state index contributed by atoms with van der Waals surface area (Å²) in [5.74, 6) is -0.600. The van der Waals surface area contributed by atoms with Crippen molar-refractivity contribution in [1.82, 2.24) is 15.2 Å². The van der Waals surface area contributed by atoms with E-state index in [-0.39, 0.29) is 36.6 Å². The van der Waals surface area contributed by atoms with Crippen molar-refractivity contribution in [3.8, 4) is 0 Å². The number of carbonyl (C=O) groups is 3. The van der Waals surface area contributed by atoms with Gasteiger partial charge in [-0.25, -0.2) is 4.98 Å².